The van der Waals surface area contributed by atoms with Crippen LogP contribution in [0.5, 0.6) is 0 Å². The molecule has 2 amide bonds. The molecule has 0 heterocycles. The second kappa shape index (κ2) is 11.7. The fourth-order valence-corrected chi connectivity index (χ4v) is 4.84. The average molecular weight is 531 g/mol. The molecule has 1 aliphatic rings. The highest BCUT2D eigenvalue weighted by molar-refractivity contribution is 6.05. The van der Waals surface area contributed by atoms with Crippen LogP contribution >= 0.6 is 0 Å². The average Bonchev–Trinajstić information content (AvgIpc) is 2.89. The number of nitrogens with zero attached hydrogens (tertiary/aromatic N) is 3. The molecule has 0 atom stereocenters. The maximum absolute atomic E-state index is 13.6. The topological polar surface area (TPSA) is 124 Å². The van der Waals surface area contributed by atoms with Crippen LogP contribution in [0.2, 0.25) is 0 Å². The van der Waals surface area contributed by atoms with E-state index in [4.69, 9.17) is 11.4 Å². The Kier molecular flexibility index (Phi) is 8.90. The smallest absolute Gasteiger partial charge is 0.331 e. The molecule has 0 aromatic heterocycles. The third-order valence-electron chi connectivity index (χ3n) is 7.08. The third-order valence-corrected chi connectivity index (χ3v) is 7.08. The summed E-state index contributed by atoms with van der Waals surface area (Å²) < 4.78 is 40.0. The van der Waals surface area contributed by atoms with Crippen LogP contribution in [-0.2, 0) is 12.7 Å². The Morgan fingerprint density at radius 1 is 1.03 bits per heavy atom. The van der Waals surface area contributed by atoms with Crippen LogP contribution in [-0.4, -0.2) is 28.7 Å². The summed E-state index contributed by atoms with van der Waals surface area (Å²) >= 11 is 0. The van der Waals surface area contributed by atoms with E-state index in [1.807, 2.05) is 0 Å². The minimum absolute atomic E-state index is 0.0125. The van der Waals surface area contributed by atoms with Gasteiger partial charge in [0.1, 0.15) is 0 Å². The zero-order valence-electron chi connectivity index (χ0n) is 21.7. The summed E-state index contributed by atoms with van der Waals surface area (Å²) in [5.41, 5.74) is 7.17. The van der Waals surface area contributed by atoms with E-state index < -0.39 is 23.6 Å². The molecule has 1 aliphatic carbocycles. The first-order valence-electron chi connectivity index (χ1n) is 12.4. The van der Waals surface area contributed by atoms with Crippen LogP contribution in [0.15, 0.2) is 58.7 Å². The molecule has 0 aliphatic heterocycles. The highest BCUT2D eigenvalue weighted by Gasteiger charge is 2.35. The Hall–Kier alpha value is -3.76. The second-order valence-corrected chi connectivity index (χ2v) is 10.6. The number of hydrazone groups is 1. The zero-order valence-corrected chi connectivity index (χ0v) is 21.7. The van der Waals surface area contributed by atoms with Gasteiger partial charge in [0.05, 0.1) is 5.56 Å². The quantitative estimate of drug-likeness (QED) is 0.146. The maximum Gasteiger partial charge on any atom is 0.416 e. The van der Waals surface area contributed by atoms with E-state index in [1.165, 1.54) is 12.1 Å². The summed E-state index contributed by atoms with van der Waals surface area (Å²) in [5.74, 6) is 4.19. The zero-order chi connectivity index (χ0) is 28.1. The molecule has 1 saturated carbocycles. The molecular weight excluding hydrogens is 497 g/mol. The van der Waals surface area contributed by atoms with Crippen LogP contribution in [0, 0.1) is 16.9 Å². The van der Waals surface area contributed by atoms with E-state index in [1.54, 1.807) is 29.2 Å². The number of guanidine groups is 1. The Bertz CT molecular complexity index is 1180. The van der Waals surface area contributed by atoms with Crippen molar-refractivity contribution in [3.05, 3.63) is 70.8 Å². The lowest BCUT2D eigenvalue weighted by Gasteiger charge is -2.41. The molecule has 0 bridgehead atoms. The molecule has 0 radical (unpaired) electrons. The second-order valence-electron chi connectivity index (χ2n) is 10.6. The maximum atomic E-state index is 13.6. The van der Waals surface area contributed by atoms with Crippen LogP contribution in [0.4, 0.5) is 13.2 Å². The van der Waals surface area contributed by atoms with E-state index >= 15 is 0 Å². The summed E-state index contributed by atoms with van der Waals surface area (Å²) in [6, 6.07) is 10.8. The molecular formula is C27H33F3N6O2. The van der Waals surface area contributed by atoms with Crippen molar-refractivity contribution in [1.29, 1.82) is 5.53 Å². The number of nitrogens with one attached hydrogen (secondary N) is 2. The number of rotatable bonds is 5. The van der Waals surface area contributed by atoms with E-state index in [0.717, 1.165) is 43.4 Å². The van der Waals surface area contributed by atoms with Crippen LogP contribution in [0.3, 0.4) is 0 Å². The number of nitrogens with two attached hydrogens (primary N) is 1. The first kappa shape index (κ1) is 28.8. The SMILES string of the molecule is CC(C)(C)C1CCC(N(Cc2ccc(C(=O)N/C(N=N)=N/N)cc2)C(=O)c2cccc(C(F)(F)F)c2)CC1. The van der Waals surface area contributed by atoms with Gasteiger partial charge in [-0.2, -0.15) is 13.2 Å². The fourth-order valence-electron chi connectivity index (χ4n) is 4.84. The Morgan fingerprint density at radius 2 is 1.66 bits per heavy atom. The van der Waals surface area contributed by atoms with Gasteiger partial charge in [0.2, 0.25) is 0 Å². The number of benzene rings is 2. The van der Waals surface area contributed by atoms with Crippen molar-refractivity contribution in [3.8, 4) is 0 Å². The molecule has 2 aromatic rings. The minimum Gasteiger partial charge on any atom is -0.331 e. The van der Waals surface area contributed by atoms with Gasteiger partial charge in [0.15, 0.2) is 0 Å². The van der Waals surface area contributed by atoms with Gasteiger partial charge in [-0.25, -0.2) is 5.53 Å². The molecule has 8 nitrogen and oxygen atoms in total. The molecule has 11 heteroatoms. The van der Waals surface area contributed by atoms with Gasteiger partial charge < -0.3 is 10.7 Å². The minimum atomic E-state index is -4.55. The van der Waals surface area contributed by atoms with Gasteiger partial charge >= 0.3 is 6.18 Å². The number of alkyl halides is 3. The van der Waals surface area contributed by atoms with Crippen LogP contribution < -0.4 is 11.2 Å². The van der Waals surface area contributed by atoms with Crippen molar-refractivity contribution in [3.63, 3.8) is 0 Å². The van der Waals surface area contributed by atoms with Gasteiger partial charge in [-0.3, -0.25) is 14.9 Å². The standard InChI is InChI=1S/C27H33F3N6O2/c1-26(2,3)20-11-13-22(14-12-20)36(24(38)19-5-4-6-21(15-19)27(28,29)30)16-17-7-9-18(10-8-17)23(37)33-25(34-31)35-32/h4-10,15,20,22,31H,11-14,16,32H2,1-3H3,(H,33,35,37). The fraction of sp³-hybridized carbons (Fsp3) is 0.444. The number of halogens is 3. The van der Waals surface area contributed by atoms with Crippen LogP contribution in [0.1, 0.15) is 78.3 Å². The number of amides is 2. The van der Waals surface area contributed by atoms with E-state index in [0.29, 0.717) is 5.92 Å². The predicted octanol–water partition coefficient (Wildman–Crippen LogP) is 5.94. The number of carbonyl (C=O) groups is 2. The van der Waals surface area contributed by atoms with Gasteiger partial charge in [-0.15, -0.1) is 10.2 Å². The molecule has 0 unspecified atom stereocenters. The lowest BCUT2D eigenvalue weighted by Crippen LogP contribution is -2.43. The molecule has 0 saturated heterocycles. The Balaban J connectivity index is 1.85. The van der Waals surface area contributed by atoms with Crippen molar-refractivity contribution in [2.45, 2.75) is 65.2 Å². The molecule has 204 valence electrons. The monoisotopic (exact) mass is 530 g/mol. The van der Waals surface area contributed by atoms with Crippen molar-refractivity contribution in [2.24, 2.45) is 27.4 Å². The lowest BCUT2D eigenvalue weighted by molar-refractivity contribution is -0.137. The number of hydrogen-bond acceptors (Lipinski definition) is 5. The Labute approximate surface area is 220 Å². The van der Waals surface area contributed by atoms with Crippen LogP contribution in [0.25, 0.3) is 0 Å². The third kappa shape index (κ3) is 7.17. The van der Waals surface area contributed by atoms with Gasteiger partial charge in [-0.1, -0.05) is 39.0 Å². The summed E-state index contributed by atoms with van der Waals surface area (Å²) in [4.78, 5) is 27.6. The first-order valence-corrected chi connectivity index (χ1v) is 12.4. The summed E-state index contributed by atoms with van der Waals surface area (Å²) in [6.07, 6.45) is -1.20. The molecule has 0 spiro atoms. The van der Waals surface area contributed by atoms with E-state index in [-0.39, 0.29) is 35.1 Å². The lowest BCUT2D eigenvalue weighted by atomic mass is 9.71. The van der Waals surface area contributed by atoms with Gasteiger partial charge in [0, 0.05) is 23.7 Å². The molecule has 3 rings (SSSR count). The summed E-state index contributed by atoms with van der Waals surface area (Å²) in [7, 11) is 0. The van der Waals surface area contributed by atoms with Crippen molar-refractivity contribution in [1.82, 2.24) is 10.2 Å². The van der Waals surface area contributed by atoms with E-state index in [9.17, 15) is 22.8 Å². The number of carbonyl (C=O) groups excluding carboxylic acids is 2. The van der Waals surface area contributed by atoms with Gasteiger partial charge in [0.25, 0.3) is 17.8 Å². The predicted molar refractivity (Wildman–Crippen MR) is 137 cm³/mol. The van der Waals surface area contributed by atoms with E-state index in [2.05, 4.69) is 36.3 Å². The summed E-state index contributed by atoms with van der Waals surface area (Å²) in [6.45, 7) is 6.77. The molecule has 38 heavy (non-hydrogen) atoms. The molecule has 2 aromatic carbocycles. The molecule has 4 N–H and O–H groups in total. The van der Waals surface area contributed by atoms with Crippen molar-refractivity contribution < 1.29 is 22.8 Å². The van der Waals surface area contributed by atoms with Gasteiger partial charge in [-0.05, 0) is 72.9 Å². The number of hydrogen-bond donors (Lipinski definition) is 3. The highest BCUT2D eigenvalue weighted by atomic mass is 19.4. The summed E-state index contributed by atoms with van der Waals surface area (Å²) in [5, 5.41) is 8.48. The highest BCUT2D eigenvalue weighted by Crippen LogP contribution is 2.39. The normalized spacial score (nSPS) is 18.5. The van der Waals surface area contributed by atoms with Crippen molar-refractivity contribution in [2.75, 3.05) is 0 Å². The molecule has 1 fully saturated rings. The Morgan fingerprint density at radius 3 is 2.18 bits per heavy atom. The largest absolute Gasteiger partial charge is 0.416 e. The van der Waals surface area contributed by atoms with Crippen molar-refractivity contribution >= 4 is 17.8 Å². The first-order chi connectivity index (χ1) is 17.8.